The standard InChI is InChI=1S/C14H15FOS/c15-13-6-3-11(4-7-13)12(10-16)5-8-14-2-1-9-17-14/h1-4,6-7,9,12,16H,5,8,10H2. The topological polar surface area (TPSA) is 20.2 Å². The molecule has 0 fully saturated rings. The molecule has 0 aliphatic rings. The van der Waals surface area contributed by atoms with Crippen molar-refractivity contribution in [2.75, 3.05) is 6.61 Å². The smallest absolute Gasteiger partial charge is 0.123 e. The molecule has 1 aromatic heterocycles. The van der Waals surface area contributed by atoms with Crippen molar-refractivity contribution in [3.63, 3.8) is 0 Å². The molecule has 0 amide bonds. The summed E-state index contributed by atoms with van der Waals surface area (Å²) in [5.41, 5.74) is 1.01. The maximum Gasteiger partial charge on any atom is 0.123 e. The second-order valence-corrected chi connectivity index (χ2v) is 5.08. The van der Waals surface area contributed by atoms with Crippen molar-refractivity contribution < 1.29 is 9.50 Å². The molecular formula is C14H15FOS. The lowest BCUT2D eigenvalue weighted by Crippen LogP contribution is -2.05. The van der Waals surface area contributed by atoms with Crippen molar-refractivity contribution in [1.29, 1.82) is 0 Å². The van der Waals surface area contributed by atoms with Gasteiger partial charge >= 0.3 is 0 Å². The lowest BCUT2D eigenvalue weighted by Gasteiger charge is -2.13. The van der Waals surface area contributed by atoms with Crippen molar-refractivity contribution in [2.45, 2.75) is 18.8 Å². The molecule has 2 rings (SSSR count). The van der Waals surface area contributed by atoms with E-state index in [-0.39, 0.29) is 18.3 Å². The number of aliphatic hydroxyl groups excluding tert-OH is 1. The molecule has 0 spiro atoms. The lowest BCUT2D eigenvalue weighted by atomic mass is 9.95. The highest BCUT2D eigenvalue weighted by molar-refractivity contribution is 7.09. The summed E-state index contributed by atoms with van der Waals surface area (Å²) >= 11 is 1.73. The van der Waals surface area contributed by atoms with E-state index in [1.807, 2.05) is 6.07 Å². The Morgan fingerprint density at radius 2 is 1.94 bits per heavy atom. The molecule has 0 saturated heterocycles. The molecule has 17 heavy (non-hydrogen) atoms. The average Bonchev–Trinajstić information content (AvgIpc) is 2.85. The number of aliphatic hydroxyl groups is 1. The van der Waals surface area contributed by atoms with Gasteiger partial charge in [-0.25, -0.2) is 4.39 Å². The SMILES string of the molecule is OCC(CCc1cccs1)c1ccc(F)cc1. The van der Waals surface area contributed by atoms with Crippen LogP contribution in [0.4, 0.5) is 4.39 Å². The fourth-order valence-electron chi connectivity index (χ4n) is 1.87. The molecule has 3 heteroatoms. The monoisotopic (exact) mass is 250 g/mol. The minimum absolute atomic E-state index is 0.0951. The maximum atomic E-state index is 12.8. The summed E-state index contributed by atoms with van der Waals surface area (Å²) in [4.78, 5) is 1.32. The fourth-order valence-corrected chi connectivity index (χ4v) is 2.59. The van der Waals surface area contributed by atoms with Crippen LogP contribution in [0.1, 0.15) is 22.8 Å². The summed E-state index contributed by atoms with van der Waals surface area (Å²) < 4.78 is 12.8. The van der Waals surface area contributed by atoms with Crippen molar-refractivity contribution in [3.05, 3.63) is 58.0 Å². The molecule has 1 unspecified atom stereocenters. The van der Waals surface area contributed by atoms with Crippen molar-refractivity contribution in [2.24, 2.45) is 0 Å². The van der Waals surface area contributed by atoms with Crippen LogP contribution in [0.2, 0.25) is 0 Å². The summed E-state index contributed by atoms with van der Waals surface area (Å²) in [5.74, 6) is -0.138. The van der Waals surface area contributed by atoms with E-state index in [0.717, 1.165) is 18.4 Å². The normalized spacial score (nSPS) is 12.6. The van der Waals surface area contributed by atoms with Gasteiger partial charge in [-0.15, -0.1) is 11.3 Å². The van der Waals surface area contributed by atoms with E-state index < -0.39 is 0 Å². The second kappa shape index (κ2) is 5.94. The van der Waals surface area contributed by atoms with Crippen LogP contribution in [0.5, 0.6) is 0 Å². The first-order chi connectivity index (χ1) is 8.29. The molecule has 1 aromatic carbocycles. The third-order valence-corrected chi connectivity index (χ3v) is 3.82. The van der Waals surface area contributed by atoms with E-state index in [1.165, 1.54) is 17.0 Å². The molecule has 0 aliphatic carbocycles. The molecule has 0 radical (unpaired) electrons. The predicted molar refractivity (Wildman–Crippen MR) is 68.9 cm³/mol. The summed E-state index contributed by atoms with van der Waals surface area (Å²) in [6.45, 7) is 0.108. The summed E-state index contributed by atoms with van der Waals surface area (Å²) in [6, 6.07) is 10.5. The van der Waals surface area contributed by atoms with E-state index in [4.69, 9.17) is 0 Å². The molecule has 1 atom stereocenters. The van der Waals surface area contributed by atoms with Gasteiger partial charge in [0.25, 0.3) is 0 Å². The Balaban J connectivity index is 1.99. The molecule has 90 valence electrons. The molecule has 2 aromatic rings. The number of halogens is 1. The zero-order chi connectivity index (χ0) is 12.1. The molecule has 1 N–H and O–H groups in total. The first kappa shape index (κ1) is 12.3. The molecule has 0 aliphatic heterocycles. The van der Waals surface area contributed by atoms with Crippen LogP contribution in [0.15, 0.2) is 41.8 Å². The Morgan fingerprint density at radius 3 is 2.53 bits per heavy atom. The highest BCUT2D eigenvalue weighted by Crippen LogP contribution is 2.23. The van der Waals surface area contributed by atoms with Crippen LogP contribution in [0.25, 0.3) is 0 Å². The van der Waals surface area contributed by atoms with Gasteiger partial charge in [0.2, 0.25) is 0 Å². The summed E-state index contributed by atoms with van der Waals surface area (Å²) in [6.07, 6.45) is 1.85. The van der Waals surface area contributed by atoms with E-state index in [0.29, 0.717) is 0 Å². The Hall–Kier alpha value is -1.19. The summed E-state index contributed by atoms with van der Waals surface area (Å²) in [5, 5.41) is 11.4. The van der Waals surface area contributed by atoms with Gasteiger partial charge in [0.05, 0.1) is 0 Å². The minimum Gasteiger partial charge on any atom is -0.396 e. The van der Waals surface area contributed by atoms with Gasteiger partial charge in [-0.3, -0.25) is 0 Å². The molecule has 0 bridgehead atoms. The van der Waals surface area contributed by atoms with Crippen LogP contribution in [-0.2, 0) is 6.42 Å². The average molecular weight is 250 g/mol. The third-order valence-electron chi connectivity index (χ3n) is 2.88. The second-order valence-electron chi connectivity index (χ2n) is 4.05. The van der Waals surface area contributed by atoms with Gasteiger partial charge in [-0.1, -0.05) is 18.2 Å². The number of benzene rings is 1. The predicted octanol–water partition coefficient (Wildman–Crippen LogP) is 3.60. The van der Waals surface area contributed by atoms with Gasteiger partial charge < -0.3 is 5.11 Å². The van der Waals surface area contributed by atoms with Crippen molar-refractivity contribution >= 4 is 11.3 Å². The first-order valence-electron chi connectivity index (χ1n) is 5.68. The molecule has 1 nitrogen and oxygen atoms in total. The highest BCUT2D eigenvalue weighted by Gasteiger charge is 2.10. The fraction of sp³-hybridized carbons (Fsp3) is 0.286. The van der Waals surface area contributed by atoms with Crippen LogP contribution in [-0.4, -0.2) is 11.7 Å². The van der Waals surface area contributed by atoms with Crippen molar-refractivity contribution in [3.8, 4) is 0 Å². The Morgan fingerprint density at radius 1 is 1.18 bits per heavy atom. The Bertz CT molecular complexity index is 436. The van der Waals surface area contributed by atoms with Crippen LogP contribution in [0, 0.1) is 5.82 Å². The lowest BCUT2D eigenvalue weighted by molar-refractivity contribution is 0.259. The largest absolute Gasteiger partial charge is 0.396 e. The number of hydrogen-bond acceptors (Lipinski definition) is 2. The van der Waals surface area contributed by atoms with E-state index in [2.05, 4.69) is 11.4 Å². The Labute approximate surface area is 105 Å². The highest BCUT2D eigenvalue weighted by atomic mass is 32.1. The van der Waals surface area contributed by atoms with Gasteiger partial charge in [0, 0.05) is 17.4 Å². The third kappa shape index (κ3) is 3.38. The number of hydrogen-bond donors (Lipinski definition) is 1. The van der Waals surface area contributed by atoms with Crippen molar-refractivity contribution in [1.82, 2.24) is 0 Å². The molecule has 1 heterocycles. The number of aryl methyl sites for hydroxylation is 1. The van der Waals surface area contributed by atoms with E-state index in [9.17, 15) is 9.50 Å². The Kier molecular flexibility index (Phi) is 4.29. The van der Waals surface area contributed by atoms with Gasteiger partial charge in [-0.05, 0) is 42.0 Å². The number of rotatable bonds is 5. The van der Waals surface area contributed by atoms with Gasteiger partial charge in [0.1, 0.15) is 5.82 Å². The van der Waals surface area contributed by atoms with E-state index in [1.54, 1.807) is 23.5 Å². The van der Waals surface area contributed by atoms with Gasteiger partial charge in [0.15, 0.2) is 0 Å². The quantitative estimate of drug-likeness (QED) is 0.859. The van der Waals surface area contributed by atoms with E-state index >= 15 is 0 Å². The zero-order valence-electron chi connectivity index (χ0n) is 9.47. The number of thiophene rings is 1. The maximum absolute atomic E-state index is 12.8. The molecular weight excluding hydrogens is 235 g/mol. The zero-order valence-corrected chi connectivity index (χ0v) is 10.3. The van der Waals surface area contributed by atoms with Gasteiger partial charge in [-0.2, -0.15) is 0 Å². The first-order valence-corrected chi connectivity index (χ1v) is 6.56. The van der Waals surface area contributed by atoms with Crippen LogP contribution < -0.4 is 0 Å². The molecule has 0 saturated carbocycles. The van der Waals surface area contributed by atoms with Crippen LogP contribution in [0.3, 0.4) is 0 Å². The summed E-state index contributed by atoms with van der Waals surface area (Å²) in [7, 11) is 0. The minimum atomic E-state index is -0.233. The van der Waals surface area contributed by atoms with Crippen LogP contribution >= 0.6 is 11.3 Å².